The molecule has 4 atom stereocenters. The molecule has 128 valence electrons. The summed E-state index contributed by atoms with van der Waals surface area (Å²) in [6, 6.07) is 5.88. The Bertz CT molecular complexity index is 864. The van der Waals surface area contributed by atoms with Gasteiger partial charge in [0.15, 0.2) is 5.13 Å². The number of ether oxygens (including phenoxy) is 1. The van der Waals surface area contributed by atoms with Crippen LogP contribution >= 0.6 is 11.3 Å². The summed E-state index contributed by atoms with van der Waals surface area (Å²) in [5, 5.41) is 14.1. The molecule has 2 aromatic rings. The van der Waals surface area contributed by atoms with E-state index in [-0.39, 0.29) is 5.82 Å². The van der Waals surface area contributed by atoms with E-state index < -0.39 is 35.9 Å². The summed E-state index contributed by atoms with van der Waals surface area (Å²) in [6.45, 7) is 0. The Kier molecular flexibility index (Phi) is 3.85. The van der Waals surface area contributed by atoms with Crippen molar-refractivity contribution in [3.63, 3.8) is 0 Å². The predicted octanol–water partition coefficient (Wildman–Crippen LogP) is 2.54. The zero-order valence-corrected chi connectivity index (χ0v) is 13.6. The summed E-state index contributed by atoms with van der Waals surface area (Å²) in [7, 11) is 0. The molecule has 0 aliphatic carbocycles. The van der Waals surface area contributed by atoms with E-state index in [0.717, 1.165) is 5.56 Å². The molecule has 0 radical (unpaired) electrons. The third kappa shape index (κ3) is 2.83. The van der Waals surface area contributed by atoms with E-state index in [2.05, 4.69) is 10.3 Å². The van der Waals surface area contributed by atoms with Crippen LogP contribution in [0.1, 0.15) is 0 Å². The van der Waals surface area contributed by atoms with Crippen molar-refractivity contribution in [1.29, 1.82) is 0 Å². The highest BCUT2D eigenvalue weighted by Crippen LogP contribution is 2.40. The van der Waals surface area contributed by atoms with E-state index in [1.807, 2.05) is 0 Å². The van der Waals surface area contributed by atoms with Gasteiger partial charge in [-0.1, -0.05) is 12.2 Å². The molecule has 4 rings (SSSR count). The maximum absolute atomic E-state index is 13.0. The number of rotatable bonds is 4. The number of benzene rings is 1. The fraction of sp³-hybridized carbons (Fsp3) is 0.235. The number of nitrogens with one attached hydrogen (secondary N) is 1. The van der Waals surface area contributed by atoms with E-state index in [9.17, 15) is 19.1 Å². The molecule has 1 saturated heterocycles. The minimum atomic E-state index is -1.05. The average Bonchev–Trinajstić information content (AvgIpc) is 3.30. The van der Waals surface area contributed by atoms with E-state index >= 15 is 0 Å². The van der Waals surface area contributed by atoms with Gasteiger partial charge in [0.2, 0.25) is 5.91 Å². The number of hydrogen-bond acceptors (Lipinski definition) is 5. The molecular formula is C17H13FN2O4S. The normalized spacial score (nSPS) is 26.8. The molecule has 2 N–H and O–H groups in total. The van der Waals surface area contributed by atoms with Gasteiger partial charge in [-0.3, -0.25) is 9.59 Å². The van der Waals surface area contributed by atoms with Crippen LogP contribution in [0.3, 0.4) is 0 Å². The van der Waals surface area contributed by atoms with Gasteiger partial charge in [-0.2, -0.15) is 0 Å². The number of halogens is 1. The molecule has 1 fully saturated rings. The van der Waals surface area contributed by atoms with Gasteiger partial charge >= 0.3 is 5.97 Å². The number of carbonyl (C=O) groups excluding carboxylic acids is 1. The van der Waals surface area contributed by atoms with Crippen LogP contribution in [0.4, 0.5) is 9.52 Å². The van der Waals surface area contributed by atoms with Crippen molar-refractivity contribution < 1.29 is 23.8 Å². The van der Waals surface area contributed by atoms with Gasteiger partial charge in [0.05, 0.1) is 23.8 Å². The predicted molar refractivity (Wildman–Crippen MR) is 88.6 cm³/mol. The van der Waals surface area contributed by atoms with Crippen LogP contribution in [0.5, 0.6) is 0 Å². The molecule has 1 amide bonds. The Labute approximate surface area is 146 Å². The molecule has 0 spiro atoms. The van der Waals surface area contributed by atoms with Gasteiger partial charge in [-0.15, -0.1) is 11.3 Å². The maximum atomic E-state index is 13.0. The SMILES string of the molecule is O=C(O)[C@@H]1[C@H](C(=O)Nc2nc(-c3ccc(F)cc3)cs2)[C@H]2C=C[C@@H]1O2. The maximum Gasteiger partial charge on any atom is 0.310 e. The molecule has 1 aromatic heterocycles. The van der Waals surface area contributed by atoms with Crippen LogP contribution in [0, 0.1) is 17.7 Å². The summed E-state index contributed by atoms with van der Waals surface area (Å²) in [5.74, 6) is -3.50. The summed E-state index contributed by atoms with van der Waals surface area (Å²) in [4.78, 5) is 28.3. The smallest absolute Gasteiger partial charge is 0.310 e. The number of carbonyl (C=O) groups is 2. The molecule has 25 heavy (non-hydrogen) atoms. The number of thiazole rings is 1. The molecule has 2 aliphatic heterocycles. The second-order valence-electron chi connectivity index (χ2n) is 5.87. The first kappa shape index (κ1) is 15.9. The third-order valence-electron chi connectivity index (χ3n) is 4.36. The number of carboxylic acid groups (broad SMARTS) is 1. The summed E-state index contributed by atoms with van der Waals surface area (Å²) < 4.78 is 18.5. The highest BCUT2D eigenvalue weighted by molar-refractivity contribution is 7.14. The van der Waals surface area contributed by atoms with Crippen LogP contribution in [0.25, 0.3) is 11.3 Å². The topological polar surface area (TPSA) is 88.5 Å². The minimum Gasteiger partial charge on any atom is -0.481 e. The zero-order valence-electron chi connectivity index (χ0n) is 12.8. The van der Waals surface area contributed by atoms with E-state index in [1.165, 1.54) is 23.5 Å². The number of aromatic nitrogens is 1. The fourth-order valence-corrected chi connectivity index (χ4v) is 3.91. The monoisotopic (exact) mass is 360 g/mol. The van der Waals surface area contributed by atoms with Crippen molar-refractivity contribution in [1.82, 2.24) is 4.98 Å². The van der Waals surface area contributed by atoms with Crippen LogP contribution in [0.15, 0.2) is 41.8 Å². The van der Waals surface area contributed by atoms with E-state index in [0.29, 0.717) is 10.8 Å². The molecule has 8 heteroatoms. The van der Waals surface area contributed by atoms with Gasteiger partial charge in [0.1, 0.15) is 11.7 Å². The van der Waals surface area contributed by atoms with Crippen molar-refractivity contribution in [2.45, 2.75) is 12.2 Å². The number of fused-ring (bicyclic) bond motifs is 2. The Morgan fingerprint density at radius 2 is 1.84 bits per heavy atom. The Morgan fingerprint density at radius 1 is 1.16 bits per heavy atom. The number of aliphatic carboxylic acids is 1. The van der Waals surface area contributed by atoms with Crippen molar-refractivity contribution >= 4 is 28.3 Å². The second-order valence-corrected chi connectivity index (χ2v) is 6.73. The Hall–Kier alpha value is -2.58. The lowest BCUT2D eigenvalue weighted by atomic mass is 9.82. The van der Waals surface area contributed by atoms with Crippen molar-refractivity contribution in [3.05, 3.63) is 47.6 Å². The number of nitrogens with zero attached hydrogens (tertiary/aromatic N) is 1. The first-order valence-corrected chi connectivity index (χ1v) is 8.50. The van der Waals surface area contributed by atoms with Crippen molar-refractivity contribution in [2.24, 2.45) is 11.8 Å². The molecule has 6 nitrogen and oxygen atoms in total. The molecule has 0 saturated carbocycles. The average molecular weight is 360 g/mol. The summed E-state index contributed by atoms with van der Waals surface area (Å²) in [6.07, 6.45) is 2.32. The van der Waals surface area contributed by atoms with E-state index in [1.54, 1.807) is 29.7 Å². The van der Waals surface area contributed by atoms with Crippen LogP contribution in [-0.2, 0) is 14.3 Å². The lowest BCUT2D eigenvalue weighted by Gasteiger charge is -2.20. The van der Waals surface area contributed by atoms with Gasteiger partial charge in [0, 0.05) is 10.9 Å². The fourth-order valence-electron chi connectivity index (χ4n) is 3.19. The minimum absolute atomic E-state index is 0.337. The van der Waals surface area contributed by atoms with Gasteiger partial charge in [0.25, 0.3) is 0 Å². The number of carboxylic acids is 1. The first-order valence-electron chi connectivity index (χ1n) is 7.62. The molecule has 1 aromatic carbocycles. The van der Waals surface area contributed by atoms with Crippen molar-refractivity contribution in [3.8, 4) is 11.3 Å². The standard InChI is InChI=1S/C17H13FN2O4S/c18-9-3-1-8(2-4-9)10-7-25-17(19-10)20-15(21)13-11-5-6-12(24-11)14(13)16(22)23/h1-7,11-14H,(H,22,23)(H,19,20,21)/t11-,12+,13-,14+/m1/s1. The van der Waals surface area contributed by atoms with Crippen LogP contribution < -0.4 is 5.32 Å². The molecule has 2 bridgehead atoms. The van der Waals surface area contributed by atoms with Gasteiger partial charge in [-0.25, -0.2) is 9.37 Å². The Morgan fingerprint density at radius 3 is 2.52 bits per heavy atom. The summed E-state index contributed by atoms with van der Waals surface area (Å²) in [5.41, 5.74) is 1.34. The third-order valence-corrected chi connectivity index (χ3v) is 5.12. The van der Waals surface area contributed by atoms with Crippen LogP contribution in [-0.4, -0.2) is 34.2 Å². The molecule has 0 unspecified atom stereocenters. The number of anilines is 1. The number of hydrogen-bond donors (Lipinski definition) is 2. The highest BCUT2D eigenvalue weighted by atomic mass is 32.1. The molecular weight excluding hydrogens is 347 g/mol. The number of amides is 1. The molecule has 2 aliphatic rings. The Balaban J connectivity index is 1.51. The molecule has 3 heterocycles. The van der Waals surface area contributed by atoms with Crippen LogP contribution in [0.2, 0.25) is 0 Å². The van der Waals surface area contributed by atoms with E-state index in [4.69, 9.17) is 4.74 Å². The zero-order chi connectivity index (χ0) is 17.6. The second kappa shape index (κ2) is 6.05. The lowest BCUT2D eigenvalue weighted by molar-refractivity contribution is -0.145. The van der Waals surface area contributed by atoms with Gasteiger partial charge in [-0.05, 0) is 24.3 Å². The lowest BCUT2D eigenvalue weighted by Crippen LogP contribution is -2.39. The quantitative estimate of drug-likeness (QED) is 0.818. The summed E-state index contributed by atoms with van der Waals surface area (Å²) >= 11 is 1.22. The van der Waals surface area contributed by atoms with Crippen molar-refractivity contribution in [2.75, 3.05) is 5.32 Å². The van der Waals surface area contributed by atoms with Gasteiger partial charge < -0.3 is 15.2 Å². The largest absolute Gasteiger partial charge is 0.481 e. The highest BCUT2D eigenvalue weighted by Gasteiger charge is 2.53. The first-order chi connectivity index (χ1) is 12.0.